The van der Waals surface area contributed by atoms with E-state index in [2.05, 4.69) is 5.10 Å². The third-order valence-electron chi connectivity index (χ3n) is 5.29. The number of nitrogens with zero attached hydrogens (tertiary/aromatic N) is 3. The molecule has 1 saturated carbocycles. The average Bonchev–Trinajstić information content (AvgIpc) is 3.35. The molecule has 2 N–H and O–H groups in total. The lowest BCUT2D eigenvalue weighted by molar-refractivity contribution is -0.117. The van der Waals surface area contributed by atoms with Gasteiger partial charge in [-0.25, -0.2) is 13.6 Å². The lowest BCUT2D eigenvalue weighted by Gasteiger charge is -2.35. The molecule has 1 aliphatic carbocycles. The average molecular weight is 404 g/mol. The first-order valence-corrected chi connectivity index (χ1v) is 11.1. The summed E-state index contributed by atoms with van der Waals surface area (Å²) in [5.41, 5.74) is 3.20. The van der Waals surface area contributed by atoms with Gasteiger partial charge in [-0.3, -0.25) is 9.48 Å². The van der Waals surface area contributed by atoms with Gasteiger partial charge in [0.1, 0.15) is 5.75 Å². The predicted octanol–water partition coefficient (Wildman–Crippen LogP) is 2.20. The molecule has 150 valence electrons. The van der Waals surface area contributed by atoms with Crippen molar-refractivity contribution in [1.29, 1.82) is 0 Å². The molecule has 0 radical (unpaired) electrons. The Morgan fingerprint density at radius 1 is 1.32 bits per heavy atom. The van der Waals surface area contributed by atoms with Gasteiger partial charge in [-0.2, -0.15) is 5.10 Å². The maximum Gasteiger partial charge on any atom is 0.244 e. The van der Waals surface area contributed by atoms with Gasteiger partial charge < -0.3 is 9.64 Å². The molecule has 28 heavy (non-hydrogen) atoms. The number of hydrogen-bond acceptors (Lipinski definition) is 5. The van der Waals surface area contributed by atoms with Crippen LogP contribution < -0.4 is 14.8 Å². The van der Waals surface area contributed by atoms with E-state index in [0.717, 1.165) is 41.6 Å². The van der Waals surface area contributed by atoms with Crippen LogP contribution in [-0.2, 0) is 21.2 Å². The van der Waals surface area contributed by atoms with E-state index in [0.29, 0.717) is 18.2 Å². The van der Waals surface area contributed by atoms with Crippen LogP contribution in [0.5, 0.6) is 5.75 Å². The summed E-state index contributed by atoms with van der Waals surface area (Å²) in [5, 5.41) is 9.59. The van der Waals surface area contributed by atoms with E-state index >= 15 is 0 Å². The zero-order valence-corrected chi connectivity index (χ0v) is 16.8. The minimum atomic E-state index is -3.81. The highest BCUT2D eigenvalue weighted by Gasteiger charge is 2.31. The van der Waals surface area contributed by atoms with Crippen molar-refractivity contribution in [3.8, 4) is 16.9 Å². The maximum atomic E-state index is 12.2. The fourth-order valence-corrected chi connectivity index (χ4v) is 4.12. The second-order valence-corrected chi connectivity index (χ2v) is 9.14. The van der Waals surface area contributed by atoms with Crippen molar-refractivity contribution in [2.75, 3.05) is 10.8 Å². The molecule has 1 amide bonds. The van der Waals surface area contributed by atoms with Gasteiger partial charge in [0.25, 0.3) is 0 Å². The molecule has 8 nitrogen and oxygen atoms in total. The van der Waals surface area contributed by atoms with Crippen molar-refractivity contribution in [3.63, 3.8) is 0 Å². The van der Waals surface area contributed by atoms with Crippen LogP contribution in [0.3, 0.4) is 0 Å². The molecule has 0 spiro atoms. The Bertz CT molecular complexity index is 1030. The van der Waals surface area contributed by atoms with Gasteiger partial charge in [0.2, 0.25) is 21.9 Å². The predicted molar refractivity (Wildman–Crippen MR) is 105 cm³/mol. The van der Waals surface area contributed by atoms with Crippen molar-refractivity contribution >= 4 is 21.6 Å². The van der Waals surface area contributed by atoms with Gasteiger partial charge in [-0.1, -0.05) is 0 Å². The Kier molecular flexibility index (Phi) is 4.67. The molecule has 9 heteroatoms. The smallest absolute Gasteiger partial charge is 0.244 e. The van der Waals surface area contributed by atoms with Gasteiger partial charge in [0, 0.05) is 35.9 Å². The number of carbonyl (C=O) groups excluding carboxylic acids is 1. The SMILES string of the molecule is CC(=O)N1c2ccc(-c3cnn(C4CC4)c3)c(OCS(N)(=O)=O)c2CCC1C. The number of benzene rings is 1. The number of aromatic nitrogens is 2. The molecular formula is C19H24N4O4S. The van der Waals surface area contributed by atoms with E-state index in [-0.39, 0.29) is 11.9 Å². The molecule has 2 aliphatic rings. The first-order valence-electron chi connectivity index (χ1n) is 9.38. The Balaban J connectivity index is 1.82. The summed E-state index contributed by atoms with van der Waals surface area (Å²) in [6, 6.07) is 4.27. The van der Waals surface area contributed by atoms with E-state index < -0.39 is 16.0 Å². The van der Waals surface area contributed by atoms with Crippen molar-refractivity contribution in [1.82, 2.24) is 9.78 Å². The summed E-state index contributed by atoms with van der Waals surface area (Å²) in [4.78, 5) is 13.9. The summed E-state index contributed by atoms with van der Waals surface area (Å²) in [7, 11) is -3.81. The lowest BCUT2D eigenvalue weighted by Crippen LogP contribution is -2.40. The highest BCUT2D eigenvalue weighted by molar-refractivity contribution is 7.88. The minimum Gasteiger partial charge on any atom is -0.475 e. The number of primary sulfonamides is 1. The third kappa shape index (κ3) is 3.64. The van der Waals surface area contributed by atoms with E-state index in [9.17, 15) is 13.2 Å². The molecule has 1 aromatic carbocycles. The standard InChI is InChI=1S/C19H24N4O4S/c1-12-3-6-17-18(23(12)13(2)24)8-7-16(19(17)27-11-28(20,25)26)14-9-21-22(10-14)15-4-5-15/h7-10,12,15H,3-6,11H2,1-2H3,(H2,20,25,26). The fourth-order valence-electron chi connectivity index (χ4n) is 3.83. The zero-order chi connectivity index (χ0) is 20.1. The molecule has 1 aliphatic heterocycles. The number of ether oxygens (including phenoxy) is 1. The van der Waals surface area contributed by atoms with Crippen LogP contribution in [0.4, 0.5) is 5.69 Å². The van der Waals surface area contributed by atoms with E-state index in [4.69, 9.17) is 9.88 Å². The molecular weight excluding hydrogens is 380 g/mol. The van der Waals surface area contributed by atoms with Gasteiger partial charge in [0.05, 0.1) is 17.9 Å². The summed E-state index contributed by atoms with van der Waals surface area (Å²) in [6.45, 7) is 3.53. The quantitative estimate of drug-likeness (QED) is 0.822. The van der Waals surface area contributed by atoms with Crippen LogP contribution >= 0.6 is 0 Å². The van der Waals surface area contributed by atoms with Gasteiger partial charge in [-0.15, -0.1) is 0 Å². The van der Waals surface area contributed by atoms with Crippen molar-refractivity contribution in [3.05, 3.63) is 30.1 Å². The number of rotatable bonds is 5. The summed E-state index contributed by atoms with van der Waals surface area (Å²) >= 11 is 0. The summed E-state index contributed by atoms with van der Waals surface area (Å²) in [5.74, 6) is -0.219. The number of fused-ring (bicyclic) bond motifs is 1. The number of sulfonamides is 1. The van der Waals surface area contributed by atoms with E-state index in [1.165, 1.54) is 6.92 Å². The molecule has 1 aromatic heterocycles. The normalized spacial score (nSPS) is 19.4. The number of nitrogens with two attached hydrogens (primary N) is 1. The molecule has 1 unspecified atom stereocenters. The fraction of sp³-hybridized carbons (Fsp3) is 0.474. The molecule has 1 atom stereocenters. The Hall–Kier alpha value is -2.39. The second-order valence-electron chi connectivity index (χ2n) is 7.58. The monoisotopic (exact) mass is 404 g/mol. The van der Waals surface area contributed by atoms with Crippen molar-refractivity contribution in [2.24, 2.45) is 5.14 Å². The number of amides is 1. The maximum absolute atomic E-state index is 12.2. The first kappa shape index (κ1) is 18.9. The number of hydrogen-bond donors (Lipinski definition) is 1. The summed E-state index contributed by atoms with van der Waals surface area (Å²) in [6.07, 6.45) is 7.40. The topological polar surface area (TPSA) is 108 Å². The number of anilines is 1. The largest absolute Gasteiger partial charge is 0.475 e. The second kappa shape index (κ2) is 6.89. The Morgan fingerprint density at radius 3 is 2.71 bits per heavy atom. The molecule has 2 heterocycles. The summed E-state index contributed by atoms with van der Waals surface area (Å²) < 4.78 is 30.7. The van der Waals surface area contributed by atoms with Gasteiger partial charge >= 0.3 is 0 Å². The first-order chi connectivity index (χ1) is 13.2. The number of carbonyl (C=O) groups is 1. The van der Waals surface area contributed by atoms with Crippen LogP contribution in [0.15, 0.2) is 24.5 Å². The van der Waals surface area contributed by atoms with Crippen molar-refractivity contribution < 1.29 is 17.9 Å². The van der Waals surface area contributed by atoms with E-state index in [1.54, 1.807) is 11.1 Å². The van der Waals surface area contributed by atoms with Gasteiger partial charge in [-0.05, 0) is 44.7 Å². The van der Waals surface area contributed by atoms with E-state index in [1.807, 2.05) is 29.9 Å². The molecule has 4 rings (SSSR count). The van der Waals surface area contributed by atoms with Crippen LogP contribution in [0.25, 0.3) is 11.1 Å². The highest BCUT2D eigenvalue weighted by Crippen LogP contribution is 2.44. The minimum absolute atomic E-state index is 0.0554. The Morgan fingerprint density at radius 2 is 2.07 bits per heavy atom. The third-order valence-corrected chi connectivity index (χ3v) is 5.73. The molecule has 0 saturated heterocycles. The van der Waals surface area contributed by atoms with Crippen LogP contribution in [0, 0.1) is 0 Å². The van der Waals surface area contributed by atoms with Crippen LogP contribution in [-0.4, -0.2) is 36.1 Å². The molecule has 1 fully saturated rings. The van der Waals surface area contributed by atoms with Gasteiger partial charge in [0.15, 0.2) is 0 Å². The van der Waals surface area contributed by atoms with Crippen LogP contribution in [0.2, 0.25) is 0 Å². The van der Waals surface area contributed by atoms with Crippen molar-refractivity contribution in [2.45, 2.75) is 51.6 Å². The zero-order valence-electron chi connectivity index (χ0n) is 16.0. The highest BCUT2D eigenvalue weighted by atomic mass is 32.2. The Labute approximate surface area is 164 Å². The van der Waals surface area contributed by atoms with Crippen LogP contribution in [0.1, 0.15) is 44.7 Å². The lowest BCUT2D eigenvalue weighted by atomic mass is 9.92. The molecule has 2 aromatic rings. The molecule has 0 bridgehead atoms.